The molecule has 2 rings (SSSR count). The lowest BCUT2D eigenvalue weighted by atomic mass is 10.2. The molecule has 0 bridgehead atoms. The molecule has 1 N–H and O–H groups in total. The van der Waals surface area contributed by atoms with Crippen molar-refractivity contribution in [2.24, 2.45) is 4.99 Å². The molecule has 0 aliphatic carbocycles. The van der Waals surface area contributed by atoms with Gasteiger partial charge >= 0.3 is 5.69 Å². The summed E-state index contributed by atoms with van der Waals surface area (Å²) in [4.78, 5) is 14.2. The molecule has 0 aliphatic rings. The zero-order valence-electron chi connectivity index (χ0n) is 9.65. The van der Waals surface area contributed by atoms with Crippen LogP contribution in [0.4, 0.5) is 11.4 Å². The van der Waals surface area contributed by atoms with Gasteiger partial charge in [-0.15, -0.1) is 0 Å². The largest absolute Gasteiger partial charge is 0.502 e. The van der Waals surface area contributed by atoms with Gasteiger partial charge in [-0.05, 0) is 42.0 Å². The van der Waals surface area contributed by atoms with Gasteiger partial charge in [-0.25, -0.2) is 0 Å². The SMILES string of the molecule is O=[N+]([O-])c1cc(C=Nc2ccc(Br)cc2)ccc1O. The lowest BCUT2D eigenvalue weighted by molar-refractivity contribution is -0.385. The summed E-state index contributed by atoms with van der Waals surface area (Å²) in [6.45, 7) is 0. The minimum Gasteiger partial charge on any atom is -0.502 e. The summed E-state index contributed by atoms with van der Waals surface area (Å²) in [6.07, 6.45) is 1.51. The van der Waals surface area contributed by atoms with Crippen molar-refractivity contribution in [1.82, 2.24) is 0 Å². The molecule has 0 aromatic heterocycles. The highest BCUT2D eigenvalue weighted by Gasteiger charge is 2.12. The van der Waals surface area contributed by atoms with Crippen molar-refractivity contribution in [1.29, 1.82) is 0 Å². The van der Waals surface area contributed by atoms with Crippen molar-refractivity contribution >= 4 is 33.5 Å². The Bertz CT molecular complexity index is 639. The summed E-state index contributed by atoms with van der Waals surface area (Å²) in [7, 11) is 0. The third-order valence-corrected chi connectivity index (χ3v) is 2.91. The van der Waals surface area contributed by atoms with Gasteiger partial charge in [0.2, 0.25) is 0 Å². The number of nitro benzene ring substituents is 1. The quantitative estimate of drug-likeness (QED) is 0.530. The van der Waals surface area contributed by atoms with Crippen LogP contribution in [-0.4, -0.2) is 16.2 Å². The number of phenolic OH excluding ortho intramolecular Hbond substituents is 1. The van der Waals surface area contributed by atoms with Gasteiger partial charge in [0.1, 0.15) is 0 Å². The average molecular weight is 321 g/mol. The summed E-state index contributed by atoms with van der Waals surface area (Å²) in [5.74, 6) is -0.356. The van der Waals surface area contributed by atoms with Gasteiger partial charge in [0, 0.05) is 16.8 Å². The Morgan fingerprint density at radius 1 is 1.21 bits per heavy atom. The molecular weight excluding hydrogens is 312 g/mol. The fraction of sp³-hybridized carbons (Fsp3) is 0. The summed E-state index contributed by atoms with van der Waals surface area (Å²) in [6, 6.07) is 11.5. The maximum absolute atomic E-state index is 10.7. The van der Waals surface area contributed by atoms with Crippen LogP contribution in [0.1, 0.15) is 5.56 Å². The van der Waals surface area contributed by atoms with E-state index in [-0.39, 0.29) is 11.4 Å². The fourth-order valence-electron chi connectivity index (χ4n) is 1.44. The Morgan fingerprint density at radius 2 is 1.89 bits per heavy atom. The number of hydrogen-bond acceptors (Lipinski definition) is 4. The van der Waals surface area contributed by atoms with Gasteiger partial charge in [0.25, 0.3) is 0 Å². The van der Waals surface area contributed by atoms with E-state index >= 15 is 0 Å². The third-order valence-electron chi connectivity index (χ3n) is 2.39. The molecule has 0 aliphatic heterocycles. The Balaban J connectivity index is 2.26. The van der Waals surface area contributed by atoms with E-state index in [1.54, 1.807) is 6.07 Å². The summed E-state index contributed by atoms with van der Waals surface area (Å²) < 4.78 is 0.951. The maximum atomic E-state index is 10.7. The van der Waals surface area contributed by atoms with E-state index in [9.17, 15) is 15.2 Å². The van der Waals surface area contributed by atoms with E-state index in [0.29, 0.717) is 5.56 Å². The van der Waals surface area contributed by atoms with Gasteiger partial charge in [-0.1, -0.05) is 15.9 Å². The van der Waals surface area contributed by atoms with E-state index in [1.807, 2.05) is 24.3 Å². The van der Waals surface area contributed by atoms with Crippen molar-refractivity contribution in [2.75, 3.05) is 0 Å². The molecule has 6 heteroatoms. The Labute approximate surface area is 117 Å². The van der Waals surface area contributed by atoms with Crippen LogP contribution in [0.5, 0.6) is 5.75 Å². The first-order valence-electron chi connectivity index (χ1n) is 5.33. The first-order chi connectivity index (χ1) is 9.06. The van der Waals surface area contributed by atoms with E-state index in [0.717, 1.165) is 10.2 Å². The highest BCUT2D eigenvalue weighted by molar-refractivity contribution is 9.10. The molecule has 0 atom stereocenters. The molecule has 2 aromatic carbocycles. The van der Waals surface area contributed by atoms with Crippen LogP contribution in [-0.2, 0) is 0 Å². The number of aromatic hydroxyl groups is 1. The zero-order chi connectivity index (χ0) is 13.8. The smallest absolute Gasteiger partial charge is 0.311 e. The van der Waals surface area contributed by atoms with Crippen LogP contribution in [0.2, 0.25) is 0 Å². The van der Waals surface area contributed by atoms with Crippen molar-refractivity contribution in [3.05, 3.63) is 62.6 Å². The average Bonchev–Trinajstić information content (AvgIpc) is 2.39. The standard InChI is InChI=1S/C13H9BrN2O3/c14-10-2-4-11(5-3-10)15-8-9-1-6-13(17)12(7-9)16(18)19/h1-8,17H. The molecule has 0 radical (unpaired) electrons. The van der Waals surface area contributed by atoms with Gasteiger partial charge in [0.15, 0.2) is 5.75 Å². The Hall–Kier alpha value is -2.21. The van der Waals surface area contributed by atoms with E-state index in [2.05, 4.69) is 20.9 Å². The third kappa shape index (κ3) is 3.38. The molecule has 0 saturated heterocycles. The van der Waals surface area contributed by atoms with Crippen molar-refractivity contribution in [2.45, 2.75) is 0 Å². The Morgan fingerprint density at radius 3 is 2.53 bits per heavy atom. The van der Waals surface area contributed by atoms with Crippen LogP contribution < -0.4 is 0 Å². The second-order valence-corrected chi connectivity index (χ2v) is 4.66. The lowest BCUT2D eigenvalue weighted by Crippen LogP contribution is -1.90. The first-order valence-corrected chi connectivity index (χ1v) is 6.12. The summed E-state index contributed by atoms with van der Waals surface area (Å²) >= 11 is 3.32. The highest BCUT2D eigenvalue weighted by atomic mass is 79.9. The fourth-order valence-corrected chi connectivity index (χ4v) is 1.71. The number of benzene rings is 2. The van der Waals surface area contributed by atoms with Crippen LogP contribution in [0, 0.1) is 10.1 Å². The van der Waals surface area contributed by atoms with Crippen molar-refractivity contribution < 1.29 is 10.0 Å². The highest BCUT2D eigenvalue weighted by Crippen LogP contribution is 2.26. The number of hydrogen-bond donors (Lipinski definition) is 1. The minimum atomic E-state index is -0.633. The number of halogens is 1. The summed E-state index contributed by atoms with van der Waals surface area (Å²) in [5.41, 5.74) is 0.950. The number of aliphatic imine (C=N–C) groups is 1. The molecule has 2 aromatic rings. The summed E-state index contributed by atoms with van der Waals surface area (Å²) in [5, 5.41) is 20.0. The second-order valence-electron chi connectivity index (χ2n) is 3.74. The van der Waals surface area contributed by atoms with Gasteiger partial charge in [0.05, 0.1) is 10.6 Å². The first kappa shape index (κ1) is 13.2. The molecule has 5 nitrogen and oxygen atoms in total. The molecule has 96 valence electrons. The number of phenols is 1. The van der Waals surface area contributed by atoms with Gasteiger partial charge in [-0.2, -0.15) is 0 Å². The number of nitro groups is 1. The van der Waals surface area contributed by atoms with E-state index in [1.165, 1.54) is 18.3 Å². The molecular formula is C13H9BrN2O3. The minimum absolute atomic E-state index is 0.334. The predicted octanol–water partition coefficient (Wildman–Crippen LogP) is 3.81. The second kappa shape index (κ2) is 5.62. The molecule has 0 heterocycles. The van der Waals surface area contributed by atoms with Crippen LogP contribution in [0.15, 0.2) is 51.9 Å². The zero-order valence-corrected chi connectivity index (χ0v) is 11.2. The number of nitrogens with zero attached hydrogens (tertiary/aromatic N) is 2. The lowest BCUT2D eigenvalue weighted by Gasteiger charge is -1.98. The monoisotopic (exact) mass is 320 g/mol. The van der Waals surface area contributed by atoms with Crippen molar-refractivity contribution in [3.8, 4) is 5.75 Å². The van der Waals surface area contributed by atoms with Gasteiger partial charge < -0.3 is 5.11 Å². The van der Waals surface area contributed by atoms with Crippen LogP contribution >= 0.6 is 15.9 Å². The molecule has 0 spiro atoms. The van der Waals surface area contributed by atoms with Crippen molar-refractivity contribution in [3.63, 3.8) is 0 Å². The van der Waals surface area contributed by atoms with Crippen LogP contribution in [0.25, 0.3) is 0 Å². The molecule has 0 saturated carbocycles. The predicted molar refractivity (Wildman–Crippen MR) is 76.2 cm³/mol. The number of rotatable bonds is 3. The van der Waals surface area contributed by atoms with E-state index < -0.39 is 4.92 Å². The molecule has 0 amide bonds. The van der Waals surface area contributed by atoms with Crippen LogP contribution in [0.3, 0.4) is 0 Å². The topological polar surface area (TPSA) is 75.7 Å². The molecule has 0 unspecified atom stereocenters. The molecule has 0 fully saturated rings. The molecule has 19 heavy (non-hydrogen) atoms. The van der Waals surface area contributed by atoms with Gasteiger partial charge in [-0.3, -0.25) is 15.1 Å². The van der Waals surface area contributed by atoms with E-state index in [4.69, 9.17) is 0 Å². The maximum Gasteiger partial charge on any atom is 0.311 e. The normalized spacial score (nSPS) is 10.8. The Kier molecular flexibility index (Phi) is 3.91.